The van der Waals surface area contributed by atoms with Crippen molar-refractivity contribution < 1.29 is 9.53 Å². The lowest BCUT2D eigenvalue weighted by atomic mass is 9.96. The van der Waals surface area contributed by atoms with E-state index in [0.717, 1.165) is 25.9 Å². The number of ether oxygens (including phenoxy) is 1. The maximum atomic E-state index is 12.0. The third kappa shape index (κ3) is 4.77. The Morgan fingerprint density at radius 1 is 1.47 bits per heavy atom. The molecule has 0 radical (unpaired) electrons. The van der Waals surface area contributed by atoms with E-state index in [1.807, 2.05) is 6.92 Å². The second-order valence-electron chi connectivity index (χ2n) is 5.88. The summed E-state index contributed by atoms with van der Waals surface area (Å²) >= 11 is 0. The fourth-order valence-electron chi connectivity index (χ4n) is 2.45. The number of methoxy groups -OCH3 is 1. The highest BCUT2D eigenvalue weighted by molar-refractivity contribution is 5.80. The van der Waals surface area contributed by atoms with E-state index in [9.17, 15) is 4.79 Å². The van der Waals surface area contributed by atoms with Crippen molar-refractivity contribution in [2.45, 2.75) is 71.0 Å². The van der Waals surface area contributed by atoms with Crippen molar-refractivity contribution >= 4 is 5.97 Å². The minimum atomic E-state index is -0.545. The number of carbonyl (C=O) groups excluding carboxylic acids is 1. The molecule has 0 heterocycles. The van der Waals surface area contributed by atoms with Gasteiger partial charge in [-0.25, -0.2) is 0 Å². The largest absolute Gasteiger partial charge is 0.468 e. The predicted octanol–water partition coefficient (Wildman–Crippen LogP) is 2.18. The van der Waals surface area contributed by atoms with E-state index in [0.29, 0.717) is 12.1 Å². The number of carbonyl (C=O) groups is 1. The van der Waals surface area contributed by atoms with E-state index < -0.39 is 5.54 Å². The highest BCUT2D eigenvalue weighted by Gasteiger charge is 2.39. The van der Waals surface area contributed by atoms with Gasteiger partial charge >= 0.3 is 5.97 Å². The second kappa shape index (κ2) is 7.25. The lowest BCUT2D eigenvalue weighted by molar-refractivity contribution is -0.148. The van der Waals surface area contributed by atoms with Crippen LogP contribution in [0.1, 0.15) is 53.4 Å². The van der Waals surface area contributed by atoms with Gasteiger partial charge in [-0.05, 0) is 46.1 Å². The highest BCUT2D eigenvalue weighted by atomic mass is 16.5. The average Bonchev–Trinajstić information content (AvgIpc) is 3.21. The highest BCUT2D eigenvalue weighted by Crippen LogP contribution is 2.25. The number of nitrogens with one attached hydrogen (secondary N) is 1. The molecule has 1 aliphatic carbocycles. The van der Waals surface area contributed by atoms with Gasteiger partial charge in [0.25, 0.3) is 0 Å². The van der Waals surface area contributed by atoms with E-state index in [1.165, 1.54) is 20.0 Å². The summed E-state index contributed by atoms with van der Waals surface area (Å²) in [6, 6.07) is 1.07. The summed E-state index contributed by atoms with van der Waals surface area (Å²) in [6.07, 6.45) is 4.29. The quantitative estimate of drug-likeness (QED) is 0.652. The third-order valence-electron chi connectivity index (χ3n) is 4.26. The Morgan fingerprint density at radius 2 is 2.11 bits per heavy atom. The lowest BCUT2D eigenvalue weighted by Gasteiger charge is -2.33. The average molecular weight is 270 g/mol. The Hall–Kier alpha value is -0.610. The molecule has 0 aromatic heterocycles. The van der Waals surface area contributed by atoms with Gasteiger partial charge in [0.2, 0.25) is 0 Å². The molecule has 2 atom stereocenters. The molecule has 0 aromatic carbocycles. The molecule has 0 aromatic rings. The molecule has 2 unspecified atom stereocenters. The van der Waals surface area contributed by atoms with E-state index >= 15 is 0 Å². The fourth-order valence-corrected chi connectivity index (χ4v) is 2.45. The smallest absolute Gasteiger partial charge is 0.325 e. The molecule has 0 saturated heterocycles. The topological polar surface area (TPSA) is 41.6 Å². The first kappa shape index (κ1) is 16.4. The van der Waals surface area contributed by atoms with Gasteiger partial charge in [0, 0.05) is 18.6 Å². The van der Waals surface area contributed by atoms with E-state index in [4.69, 9.17) is 4.74 Å². The van der Waals surface area contributed by atoms with Crippen molar-refractivity contribution in [2.24, 2.45) is 0 Å². The summed E-state index contributed by atoms with van der Waals surface area (Å²) in [4.78, 5) is 14.5. The van der Waals surface area contributed by atoms with Crippen LogP contribution >= 0.6 is 0 Å². The second-order valence-corrected chi connectivity index (χ2v) is 5.88. The molecule has 19 heavy (non-hydrogen) atoms. The normalized spacial score (nSPS) is 20.1. The summed E-state index contributed by atoms with van der Waals surface area (Å²) in [5.74, 6) is -0.139. The molecule has 0 amide bonds. The Labute approximate surface area is 117 Å². The van der Waals surface area contributed by atoms with Gasteiger partial charge in [-0.2, -0.15) is 0 Å². The number of hydrogen-bond donors (Lipinski definition) is 1. The van der Waals surface area contributed by atoms with Crippen LogP contribution in [-0.4, -0.2) is 48.7 Å². The van der Waals surface area contributed by atoms with Crippen molar-refractivity contribution in [1.29, 1.82) is 0 Å². The van der Waals surface area contributed by atoms with Crippen molar-refractivity contribution in [3.63, 3.8) is 0 Å². The van der Waals surface area contributed by atoms with Crippen molar-refractivity contribution in [2.75, 3.05) is 20.2 Å². The summed E-state index contributed by atoms with van der Waals surface area (Å²) in [5.41, 5.74) is -0.545. The van der Waals surface area contributed by atoms with E-state index in [1.54, 1.807) is 0 Å². The van der Waals surface area contributed by atoms with Crippen molar-refractivity contribution in [3.8, 4) is 0 Å². The Balaban J connectivity index is 2.58. The molecule has 4 nitrogen and oxygen atoms in total. The molecule has 1 saturated carbocycles. The maximum absolute atomic E-state index is 12.0. The minimum absolute atomic E-state index is 0.139. The first-order valence-electron chi connectivity index (χ1n) is 7.57. The Kier molecular flexibility index (Phi) is 6.27. The molecule has 0 bridgehead atoms. The molecule has 1 N–H and O–H groups in total. The number of esters is 1. The SMILES string of the molecule is CCC(C)N(CC)CCC(C)(NC1CC1)C(=O)OC. The minimum Gasteiger partial charge on any atom is -0.468 e. The zero-order valence-corrected chi connectivity index (χ0v) is 13.2. The molecule has 1 fully saturated rings. The lowest BCUT2D eigenvalue weighted by Crippen LogP contribution is -2.53. The fraction of sp³-hybridized carbons (Fsp3) is 0.933. The number of hydrogen-bond acceptors (Lipinski definition) is 4. The van der Waals surface area contributed by atoms with Crippen LogP contribution < -0.4 is 5.32 Å². The number of nitrogens with zero attached hydrogens (tertiary/aromatic N) is 1. The van der Waals surface area contributed by atoms with Crippen LogP contribution in [0.15, 0.2) is 0 Å². The van der Waals surface area contributed by atoms with Crippen molar-refractivity contribution in [1.82, 2.24) is 10.2 Å². The molecule has 0 aliphatic heterocycles. The molecule has 1 rings (SSSR count). The summed E-state index contributed by atoms with van der Waals surface area (Å²) in [5, 5.41) is 3.45. The molecule has 112 valence electrons. The van der Waals surface area contributed by atoms with Gasteiger partial charge < -0.3 is 9.64 Å². The molecular formula is C15H30N2O2. The van der Waals surface area contributed by atoms with Crippen LogP contribution in [0, 0.1) is 0 Å². The van der Waals surface area contributed by atoms with Crippen LogP contribution in [0.5, 0.6) is 0 Å². The zero-order valence-electron chi connectivity index (χ0n) is 13.2. The van der Waals surface area contributed by atoms with Crippen LogP contribution in [-0.2, 0) is 9.53 Å². The first-order chi connectivity index (χ1) is 8.96. The van der Waals surface area contributed by atoms with Crippen LogP contribution in [0.4, 0.5) is 0 Å². The van der Waals surface area contributed by atoms with Crippen LogP contribution in [0.25, 0.3) is 0 Å². The predicted molar refractivity (Wildman–Crippen MR) is 78.2 cm³/mol. The summed E-state index contributed by atoms with van der Waals surface area (Å²) < 4.78 is 4.98. The molecular weight excluding hydrogens is 240 g/mol. The van der Waals surface area contributed by atoms with Gasteiger partial charge in [-0.3, -0.25) is 10.1 Å². The van der Waals surface area contributed by atoms with Gasteiger partial charge in [0.15, 0.2) is 0 Å². The number of rotatable bonds is 9. The van der Waals surface area contributed by atoms with Crippen LogP contribution in [0.2, 0.25) is 0 Å². The van der Waals surface area contributed by atoms with E-state index in [2.05, 4.69) is 31.0 Å². The van der Waals surface area contributed by atoms with E-state index in [-0.39, 0.29) is 5.97 Å². The zero-order chi connectivity index (χ0) is 14.5. The Bertz CT molecular complexity index is 292. The Morgan fingerprint density at radius 3 is 2.53 bits per heavy atom. The maximum Gasteiger partial charge on any atom is 0.325 e. The third-order valence-corrected chi connectivity index (χ3v) is 4.26. The van der Waals surface area contributed by atoms with Gasteiger partial charge in [-0.15, -0.1) is 0 Å². The molecule has 0 spiro atoms. The first-order valence-corrected chi connectivity index (χ1v) is 7.57. The van der Waals surface area contributed by atoms with Crippen LogP contribution in [0.3, 0.4) is 0 Å². The monoisotopic (exact) mass is 270 g/mol. The van der Waals surface area contributed by atoms with Gasteiger partial charge in [-0.1, -0.05) is 13.8 Å². The summed E-state index contributed by atoms with van der Waals surface area (Å²) in [6.45, 7) is 10.5. The summed E-state index contributed by atoms with van der Waals surface area (Å²) in [7, 11) is 1.47. The molecule has 4 heteroatoms. The standard InChI is InChI=1S/C15H30N2O2/c1-6-12(3)17(7-2)11-10-15(4,14(18)19-5)16-13-8-9-13/h12-13,16H,6-11H2,1-5H3. The van der Waals surface area contributed by atoms with Gasteiger partial charge in [0.05, 0.1) is 7.11 Å². The van der Waals surface area contributed by atoms with Crippen molar-refractivity contribution in [3.05, 3.63) is 0 Å². The van der Waals surface area contributed by atoms with Gasteiger partial charge in [0.1, 0.15) is 5.54 Å². The molecule has 1 aliphatic rings.